The number of rotatable bonds is 7. The van der Waals surface area contributed by atoms with E-state index in [2.05, 4.69) is 45.9 Å². The zero-order chi connectivity index (χ0) is 20.6. The molecule has 1 aromatic carbocycles. The smallest absolute Gasteiger partial charge is 0.191 e. The first-order valence-electron chi connectivity index (χ1n) is 10.6. The lowest BCUT2D eigenvalue weighted by atomic mass is 10.0. The van der Waals surface area contributed by atoms with Crippen LogP contribution in [0.1, 0.15) is 39.4 Å². The summed E-state index contributed by atoms with van der Waals surface area (Å²) in [5.41, 5.74) is 0.959. The van der Waals surface area contributed by atoms with Crippen molar-refractivity contribution in [3.8, 4) is 0 Å². The van der Waals surface area contributed by atoms with E-state index in [-0.39, 0.29) is 5.82 Å². The van der Waals surface area contributed by atoms with Crippen molar-refractivity contribution in [1.29, 1.82) is 0 Å². The number of piperidine rings is 1. The molecule has 1 saturated heterocycles. The number of hydrogen-bond acceptors (Lipinski definition) is 3. The van der Waals surface area contributed by atoms with Crippen molar-refractivity contribution < 1.29 is 4.39 Å². The molecule has 0 aliphatic carbocycles. The van der Waals surface area contributed by atoms with E-state index >= 15 is 0 Å². The van der Waals surface area contributed by atoms with E-state index in [1.165, 1.54) is 6.07 Å². The molecule has 158 valence electrons. The maximum absolute atomic E-state index is 13.5. The molecule has 6 nitrogen and oxygen atoms in total. The van der Waals surface area contributed by atoms with Gasteiger partial charge in [0.05, 0.1) is 0 Å². The molecule has 1 aromatic heterocycles. The Morgan fingerprint density at radius 3 is 2.79 bits per heavy atom. The molecular weight excluding hydrogens is 367 g/mol. The van der Waals surface area contributed by atoms with E-state index in [4.69, 9.17) is 4.99 Å². The van der Waals surface area contributed by atoms with Crippen LogP contribution in [0.3, 0.4) is 0 Å². The van der Waals surface area contributed by atoms with Crippen LogP contribution in [0.25, 0.3) is 0 Å². The highest BCUT2D eigenvalue weighted by Gasteiger charge is 2.20. The Morgan fingerprint density at radius 2 is 2.10 bits per heavy atom. The van der Waals surface area contributed by atoms with E-state index in [9.17, 15) is 4.39 Å². The molecule has 2 aromatic rings. The second-order valence-electron chi connectivity index (χ2n) is 7.97. The third kappa shape index (κ3) is 6.21. The maximum Gasteiger partial charge on any atom is 0.191 e. The molecule has 3 rings (SSSR count). The summed E-state index contributed by atoms with van der Waals surface area (Å²) in [5.74, 6) is 2.20. The van der Waals surface area contributed by atoms with Crippen LogP contribution >= 0.6 is 0 Å². The third-order valence-corrected chi connectivity index (χ3v) is 5.10. The van der Waals surface area contributed by atoms with Crippen molar-refractivity contribution in [3.63, 3.8) is 0 Å². The Labute approximate surface area is 173 Å². The number of aliphatic imine (C=N–C) groups is 1. The molecule has 0 bridgehead atoms. The lowest BCUT2D eigenvalue weighted by molar-refractivity contribution is 0.460. The monoisotopic (exact) mass is 400 g/mol. The van der Waals surface area contributed by atoms with Gasteiger partial charge >= 0.3 is 0 Å². The number of guanidine groups is 1. The highest BCUT2D eigenvalue weighted by atomic mass is 19.1. The predicted octanol–water partition coefficient (Wildman–Crippen LogP) is 3.40. The van der Waals surface area contributed by atoms with Crippen LogP contribution in [0.5, 0.6) is 0 Å². The molecule has 2 N–H and O–H groups in total. The molecule has 0 atom stereocenters. The van der Waals surface area contributed by atoms with Crippen molar-refractivity contribution in [3.05, 3.63) is 48.3 Å². The first-order chi connectivity index (χ1) is 14.0. The molecule has 0 saturated carbocycles. The summed E-state index contributed by atoms with van der Waals surface area (Å²) in [6.07, 6.45) is 5.84. The zero-order valence-electron chi connectivity index (χ0n) is 17.7. The Morgan fingerprint density at radius 1 is 1.31 bits per heavy atom. The standard InChI is InChI=1S/C22H33FN6/c1-4-24-22(26-15-21-25-10-13-29(21)16-17(2)3)27-19-8-11-28(12-9-19)20-7-5-6-18(23)14-20/h5-7,10,13-14,17,19H,4,8-9,11-12,15-16H2,1-3H3,(H2,24,26,27). The summed E-state index contributed by atoms with van der Waals surface area (Å²) in [6.45, 7) is 10.6. The van der Waals surface area contributed by atoms with Crippen LogP contribution in [0.2, 0.25) is 0 Å². The van der Waals surface area contributed by atoms with Gasteiger partial charge in [-0.15, -0.1) is 0 Å². The van der Waals surface area contributed by atoms with Gasteiger partial charge in [-0.3, -0.25) is 0 Å². The van der Waals surface area contributed by atoms with Crippen molar-refractivity contribution >= 4 is 11.6 Å². The lowest BCUT2D eigenvalue weighted by Crippen LogP contribution is -2.48. The Hall–Kier alpha value is -2.57. The molecular formula is C22H33FN6. The van der Waals surface area contributed by atoms with Crippen LogP contribution in [0.15, 0.2) is 41.7 Å². The number of halogens is 1. The predicted molar refractivity (Wildman–Crippen MR) is 117 cm³/mol. The quantitative estimate of drug-likeness (QED) is 0.552. The van der Waals surface area contributed by atoms with Gasteiger partial charge in [-0.1, -0.05) is 19.9 Å². The van der Waals surface area contributed by atoms with Crippen molar-refractivity contribution in [2.24, 2.45) is 10.9 Å². The van der Waals surface area contributed by atoms with Gasteiger partial charge in [-0.2, -0.15) is 0 Å². The molecule has 1 aliphatic rings. The fourth-order valence-corrected chi connectivity index (χ4v) is 3.67. The highest BCUT2D eigenvalue weighted by Crippen LogP contribution is 2.20. The number of nitrogens with zero attached hydrogens (tertiary/aromatic N) is 4. The molecule has 1 fully saturated rings. The topological polar surface area (TPSA) is 57.5 Å². The minimum absolute atomic E-state index is 0.180. The second kappa shape index (κ2) is 10.3. The van der Waals surface area contributed by atoms with Crippen LogP contribution < -0.4 is 15.5 Å². The molecule has 29 heavy (non-hydrogen) atoms. The van der Waals surface area contributed by atoms with E-state index < -0.39 is 0 Å². The first kappa shape index (κ1) is 21.1. The summed E-state index contributed by atoms with van der Waals surface area (Å²) < 4.78 is 15.7. The summed E-state index contributed by atoms with van der Waals surface area (Å²) in [7, 11) is 0. The van der Waals surface area contributed by atoms with Gasteiger partial charge in [0, 0.05) is 50.3 Å². The first-order valence-corrected chi connectivity index (χ1v) is 10.6. The number of imidazole rings is 1. The maximum atomic E-state index is 13.5. The van der Waals surface area contributed by atoms with Crippen molar-refractivity contribution in [2.45, 2.75) is 52.7 Å². The largest absolute Gasteiger partial charge is 0.371 e. The normalized spacial score (nSPS) is 15.8. The number of benzene rings is 1. The second-order valence-corrected chi connectivity index (χ2v) is 7.97. The molecule has 7 heteroatoms. The zero-order valence-corrected chi connectivity index (χ0v) is 17.7. The fraction of sp³-hybridized carbons (Fsp3) is 0.545. The molecule has 0 spiro atoms. The van der Waals surface area contributed by atoms with E-state index in [0.717, 1.165) is 56.5 Å². The summed E-state index contributed by atoms with van der Waals surface area (Å²) in [6, 6.07) is 7.20. The van der Waals surface area contributed by atoms with E-state index in [1.54, 1.807) is 12.1 Å². The molecule has 2 heterocycles. The Balaban J connectivity index is 1.56. The molecule has 0 amide bonds. The summed E-state index contributed by atoms with van der Waals surface area (Å²) in [4.78, 5) is 11.5. The van der Waals surface area contributed by atoms with E-state index in [0.29, 0.717) is 18.5 Å². The highest BCUT2D eigenvalue weighted by molar-refractivity contribution is 5.80. The number of hydrogen-bond donors (Lipinski definition) is 2. The lowest BCUT2D eigenvalue weighted by Gasteiger charge is -2.34. The molecule has 0 unspecified atom stereocenters. The fourth-order valence-electron chi connectivity index (χ4n) is 3.67. The summed E-state index contributed by atoms with van der Waals surface area (Å²) >= 11 is 0. The van der Waals surface area contributed by atoms with Gasteiger partial charge in [0.1, 0.15) is 18.2 Å². The number of aromatic nitrogens is 2. The van der Waals surface area contributed by atoms with Crippen molar-refractivity contribution in [2.75, 3.05) is 24.5 Å². The average Bonchev–Trinajstić information content (AvgIpc) is 3.13. The SMILES string of the molecule is CCNC(=NCc1nccn1CC(C)C)NC1CCN(c2cccc(F)c2)CC1. The number of anilines is 1. The van der Waals surface area contributed by atoms with Crippen molar-refractivity contribution in [1.82, 2.24) is 20.2 Å². The minimum Gasteiger partial charge on any atom is -0.371 e. The summed E-state index contributed by atoms with van der Waals surface area (Å²) in [5, 5.41) is 6.91. The Kier molecular flexibility index (Phi) is 7.49. The van der Waals surface area contributed by atoms with Crippen LogP contribution in [-0.4, -0.2) is 41.2 Å². The van der Waals surface area contributed by atoms with E-state index in [1.807, 2.05) is 18.5 Å². The third-order valence-electron chi connectivity index (χ3n) is 5.10. The van der Waals surface area contributed by atoms with Crippen LogP contribution in [0, 0.1) is 11.7 Å². The van der Waals surface area contributed by atoms with Crippen LogP contribution in [0.4, 0.5) is 10.1 Å². The molecule has 1 aliphatic heterocycles. The van der Waals surface area contributed by atoms with Gasteiger partial charge in [0.2, 0.25) is 0 Å². The Bertz CT molecular complexity index is 792. The van der Waals surface area contributed by atoms with Gasteiger partial charge in [0.15, 0.2) is 5.96 Å². The van der Waals surface area contributed by atoms with Gasteiger partial charge in [-0.25, -0.2) is 14.4 Å². The average molecular weight is 401 g/mol. The van der Waals surface area contributed by atoms with Gasteiger partial charge in [-0.05, 0) is 43.9 Å². The van der Waals surface area contributed by atoms with Gasteiger partial charge < -0.3 is 20.1 Å². The number of nitrogens with one attached hydrogen (secondary N) is 2. The van der Waals surface area contributed by atoms with Crippen LogP contribution in [-0.2, 0) is 13.1 Å². The molecule has 0 radical (unpaired) electrons. The van der Waals surface area contributed by atoms with Gasteiger partial charge in [0.25, 0.3) is 0 Å². The minimum atomic E-state index is -0.180.